The Kier molecular flexibility index (Phi) is 6.69. The molecule has 190 valence electrons. The van der Waals surface area contributed by atoms with Crippen molar-refractivity contribution in [1.82, 2.24) is 10.2 Å². The van der Waals surface area contributed by atoms with Crippen LogP contribution in [0.15, 0.2) is 66.7 Å². The van der Waals surface area contributed by atoms with E-state index in [9.17, 15) is 35.9 Å². The van der Waals surface area contributed by atoms with Gasteiger partial charge in [0.2, 0.25) is 5.91 Å². The molecule has 0 aromatic heterocycles. The third kappa shape index (κ3) is 5.43. The van der Waals surface area contributed by atoms with Gasteiger partial charge in [-0.05, 0) is 53.1 Å². The Morgan fingerprint density at radius 2 is 1.54 bits per heavy atom. The van der Waals surface area contributed by atoms with E-state index in [1.807, 2.05) is 6.07 Å². The van der Waals surface area contributed by atoms with E-state index < -0.39 is 53.4 Å². The number of hydrogen-bond donors (Lipinski definition) is 1. The first kappa shape index (κ1) is 25.8. The van der Waals surface area contributed by atoms with E-state index in [4.69, 9.17) is 5.26 Å². The molecule has 3 aromatic rings. The lowest BCUT2D eigenvalue weighted by Crippen LogP contribution is -2.38. The molecule has 0 bridgehead atoms. The molecule has 1 aliphatic rings. The minimum Gasteiger partial charge on any atom is -0.350 e. The first-order chi connectivity index (χ1) is 17.4. The summed E-state index contributed by atoms with van der Waals surface area (Å²) in [6, 6.07) is 14.2. The standard InChI is InChI=1S/C26H17F6N3O2/c27-25(28,29)18-9-17(10-19(11-18)26(30,31)32)14-35-22(20-6-1-2-7-21(20)24(35)37)23(36)34-13-16-5-3-4-15(8-16)12-33/h1-11,22H,13-14H2,(H,34,36). The van der Waals surface area contributed by atoms with Gasteiger partial charge < -0.3 is 10.2 Å². The van der Waals surface area contributed by atoms with Crippen LogP contribution in [0.5, 0.6) is 0 Å². The molecule has 0 aliphatic carbocycles. The van der Waals surface area contributed by atoms with E-state index in [0.717, 1.165) is 4.90 Å². The van der Waals surface area contributed by atoms with Gasteiger partial charge in [-0.3, -0.25) is 9.59 Å². The predicted molar refractivity (Wildman–Crippen MR) is 119 cm³/mol. The zero-order chi connectivity index (χ0) is 27.0. The van der Waals surface area contributed by atoms with Crippen molar-refractivity contribution in [3.8, 4) is 6.07 Å². The fourth-order valence-corrected chi connectivity index (χ4v) is 4.16. The first-order valence-electron chi connectivity index (χ1n) is 10.8. The molecule has 1 atom stereocenters. The first-order valence-corrected chi connectivity index (χ1v) is 10.8. The smallest absolute Gasteiger partial charge is 0.350 e. The predicted octanol–water partition coefficient (Wildman–Crippen LogP) is 5.61. The molecule has 1 aliphatic heterocycles. The molecule has 11 heteroatoms. The normalized spacial score (nSPS) is 15.3. The lowest BCUT2D eigenvalue weighted by Gasteiger charge is -2.25. The van der Waals surface area contributed by atoms with Crippen LogP contribution in [0.4, 0.5) is 26.3 Å². The summed E-state index contributed by atoms with van der Waals surface area (Å²) in [5.41, 5.74) is -2.11. The quantitative estimate of drug-likeness (QED) is 0.448. The highest BCUT2D eigenvalue weighted by atomic mass is 19.4. The summed E-state index contributed by atoms with van der Waals surface area (Å²) in [5.74, 6) is -1.38. The minimum absolute atomic E-state index is 0.00357. The molecule has 1 N–H and O–H groups in total. The van der Waals surface area contributed by atoms with Gasteiger partial charge in [0.15, 0.2) is 0 Å². The summed E-state index contributed by atoms with van der Waals surface area (Å²) >= 11 is 0. The second kappa shape index (κ2) is 9.61. The number of nitrogens with zero attached hydrogens (tertiary/aromatic N) is 2. The van der Waals surface area contributed by atoms with Gasteiger partial charge in [-0.25, -0.2) is 0 Å². The molecule has 0 radical (unpaired) electrons. The summed E-state index contributed by atoms with van der Waals surface area (Å²) < 4.78 is 80.0. The van der Waals surface area contributed by atoms with Crippen LogP contribution >= 0.6 is 0 Å². The van der Waals surface area contributed by atoms with Crippen molar-refractivity contribution in [2.45, 2.75) is 31.5 Å². The van der Waals surface area contributed by atoms with E-state index >= 15 is 0 Å². The van der Waals surface area contributed by atoms with Crippen LogP contribution in [-0.4, -0.2) is 16.7 Å². The summed E-state index contributed by atoms with van der Waals surface area (Å²) in [6.07, 6.45) is -10.1. The summed E-state index contributed by atoms with van der Waals surface area (Å²) in [7, 11) is 0. The van der Waals surface area contributed by atoms with Gasteiger partial charge in [0.05, 0.1) is 22.8 Å². The number of carbonyl (C=O) groups excluding carboxylic acids is 2. The van der Waals surface area contributed by atoms with Crippen LogP contribution < -0.4 is 5.32 Å². The second-order valence-electron chi connectivity index (χ2n) is 8.37. The molecule has 0 fully saturated rings. The molecule has 37 heavy (non-hydrogen) atoms. The molecule has 1 unspecified atom stereocenters. The molecule has 3 aromatic carbocycles. The fourth-order valence-electron chi connectivity index (χ4n) is 4.16. The van der Waals surface area contributed by atoms with Crippen molar-refractivity contribution in [3.63, 3.8) is 0 Å². The van der Waals surface area contributed by atoms with Crippen molar-refractivity contribution in [3.05, 3.63) is 106 Å². The van der Waals surface area contributed by atoms with Crippen molar-refractivity contribution < 1.29 is 35.9 Å². The summed E-state index contributed by atoms with van der Waals surface area (Å²) in [6.45, 7) is -0.681. The van der Waals surface area contributed by atoms with Gasteiger partial charge in [0, 0.05) is 18.7 Å². The minimum atomic E-state index is -5.05. The van der Waals surface area contributed by atoms with Gasteiger partial charge in [0.25, 0.3) is 5.91 Å². The van der Waals surface area contributed by atoms with Gasteiger partial charge in [-0.15, -0.1) is 0 Å². The third-order valence-electron chi connectivity index (χ3n) is 5.83. The summed E-state index contributed by atoms with van der Waals surface area (Å²) in [4.78, 5) is 27.3. The molecule has 4 rings (SSSR count). The molecule has 5 nitrogen and oxygen atoms in total. The van der Waals surface area contributed by atoms with Crippen molar-refractivity contribution >= 4 is 11.8 Å². The van der Waals surface area contributed by atoms with E-state index in [1.165, 1.54) is 18.2 Å². The van der Waals surface area contributed by atoms with Crippen LogP contribution in [0.2, 0.25) is 0 Å². The SMILES string of the molecule is N#Cc1cccc(CNC(=O)C2c3ccccc3C(=O)N2Cc2cc(C(F)(F)F)cc(C(F)(F)F)c2)c1. The maximum Gasteiger partial charge on any atom is 0.416 e. The number of halogens is 6. The molecular weight excluding hydrogens is 500 g/mol. The number of benzene rings is 3. The number of amides is 2. The van der Waals surface area contributed by atoms with Crippen molar-refractivity contribution in [2.75, 3.05) is 0 Å². The fraction of sp³-hybridized carbons (Fsp3) is 0.192. The van der Waals surface area contributed by atoms with E-state index in [-0.39, 0.29) is 23.7 Å². The number of nitrogens with one attached hydrogen (secondary N) is 1. The number of rotatable bonds is 5. The molecule has 1 heterocycles. The maximum absolute atomic E-state index is 13.3. The lowest BCUT2D eigenvalue weighted by atomic mass is 10.0. The van der Waals surface area contributed by atoms with Crippen molar-refractivity contribution in [1.29, 1.82) is 5.26 Å². The van der Waals surface area contributed by atoms with Gasteiger partial charge in [-0.1, -0.05) is 30.3 Å². The van der Waals surface area contributed by atoms with Crippen molar-refractivity contribution in [2.24, 2.45) is 0 Å². The highest BCUT2D eigenvalue weighted by Gasteiger charge is 2.42. The maximum atomic E-state index is 13.3. The zero-order valence-corrected chi connectivity index (χ0v) is 18.8. The van der Waals surface area contributed by atoms with Crippen LogP contribution in [0.25, 0.3) is 0 Å². The van der Waals surface area contributed by atoms with Crippen LogP contribution in [0.3, 0.4) is 0 Å². The average Bonchev–Trinajstić information content (AvgIpc) is 3.13. The van der Waals surface area contributed by atoms with Gasteiger partial charge in [-0.2, -0.15) is 31.6 Å². The Bertz CT molecular complexity index is 1380. The van der Waals surface area contributed by atoms with E-state index in [0.29, 0.717) is 23.3 Å². The van der Waals surface area contributed by atoms with Gasteiger partial charge >= 0.3 is 12.4 Å². The number of nitriles is 1. The Morgan fingerprint density at radius 1 is 0.892 bits per heavy atom. The highest BCUT2D eigenvalue weighted by Crippen LogP contribution is 2.39. The highest BCUT2D eigenvalue weighted by molar-refractivity contribution is 6.04. The second-order valence-corrected chi connectivity index (χ2v) is 8.37. The molecular formula is C26H17F6N3O2. The van der Waals surface area contributed by atoms with Crippen LogP contribution in [0, 0.1) is 11.3 Å². The number of carbonyl (C=O) groups is 2. The molecule has 2 amide bonds. The number of fused-ring (bicyclic) bond motifs is 1. The molecule has 0 saturated heterocycles. The summed E-state index contributed by atoms with van der Waals surface area (Å²) in [5, 5.41) is 11.7. The lowest BCUT2D eigenvalue weighted by molar-refractivity contribution is -0.143. The largest absolute Gasteiger partial charge is 0.416 e. The van der Waals surface area contributed by atoms with Crippen LogP contribution in [-0.2, 0) is 30.2 Å². The zero-order valence-electron chi connectivity index (χ0n) is 18.8. The number of alkyl halides is 6. The third-order valence-corrected chi connectivity index (χ3v) is 5.83. The van der Waals surface area contributed by atoms with Gasteiger partial charge in [0.1, 0.15) is 6.04 Å². The topological polar surface area (TPSA) is 73.2 Å². The Labute approximate surface area is 206 Å². The van der Waals surface area contributed by atoms with E-state index in [1.54, 1.807) is 30.3 Å². The molecule has 0 saturated carbocycles. The monoisotopic (exact) mass is 517 g/mol. The average molecular weight is 517 g/mol. The van der Waals surface area contributed by atoms with E-state index in [2.05, 4.69) is 5.32 Å². The Hall–Kier alpha value is -4.33. The number of hydrogen-bond acceptors (Lipinski definition) is 3. The Morgan fingerprint density at radius 3 is 2.16 bits per heavy atom. The Balaban J connectivity index is 1.67. The van der Waals surface area contributed by atoms with Crippen LogP contribution in [0.1, 0.15) is 49.8 Å². The molecule has 0 spiro atoms.